The number of nitrogens with one attached hydrogen (secondary N) is 2. The summed E-state index contributed by atoms with van der Waals surface area (Å²) in [6.45, 7) is -0.0579. The van der Waals surface area contributed by atoms with Crippen molar-refractivity contribution in [2.45, 2.75) is 11.3 Å². The molecule has 9 nitrogen and oxygen atoms in total. The second-order valence-corrected chi connectivity index (χ2v) is 7.10. The monoisotopic (exact) mass is 309 g/mol. The number of nitrogens with zero attached hydrogens (tertiary/aromatic N) is 1. The summed E-state index contributed by atoms with van der Waals surface area (Å²) >= 11 is 0. The number of primary sulfonamides is 1. The molecule has 0 bridgehead atoms. The predicted octanol–water partition coefficient (Wildman–Crippen LogP) is -1.68. The molecule has 0 aliphatic carbocycles. The van der Waals surface area contributed by atoms with Crippen LogP contribution in [0.5, 0.6) is 0 Å². The number of nitrogens with two attached hydrogens (primary N) is 2. The van der Waals surface area contributed by atoms with Crippen LogP contribution in [0.15, 0.2) is 23.4 Å². The van der Waals surface area contributed by atoms with Gasteiger partial charge in [-0.2, -0.15) is 0 Å². The highest BCUT2D eigenvalue weighted by atomic mass is 32.2. The van der Waals surface area contributed by atoms with Gasteiger partial charge >= 0.3 is 0 Å². The summed E-state index contributed by atoms with van der Waals surface area (Å²) in [5.74, 6) is 4.89. The molecule has 0 radical (unpaired) electrons. The quantitative estimate of drug-likeness (QED) is 0.266. The van der Waals surface area contributed by atoms with Gasteiger partial charge in [-0.25, -0.2) is 26.7 Å². The van der Waals surface area contributed by atoms with E-state index in [1.165, 1.54) is 12.3 Å². The molecule has 0 amide bonds. The van der Waals surface area contributed by atoms with Crippen LogP contribution in [-0.4, -0.2) is 34.1 Å². The summed E-state index contributed by atoms with van der Waals surface area (Å²) < 4.78 is 47.4. The summed E-state index contributed by atoms with van der Waals surface area (Å²) in [6, 6.07) is 1.40. The van der Waals surface area contributed by atoms with Gasteiger partial charge < -0.3 is 5.43 Å². The number of hydrazine groups is 1. The minimum absolute atomic E-state index is 0.0579. The number of rotatable bonds is 7. The number of aromatic nitrogens is 1. The van der Waals surface area contributed by atoms with E-state index in [4.69, 9.17) is 11.0 Å². The van der Waals surface area contributed by atoms with Gasteiger partial charge in [0.05, 0.1) is 11.4 Å². The molecule has 0 aromatic carbocycles. The molecule has 11 heteroatoms. The minimum Gasteiger partial charge on any atom is -0.323 e. The van der Waals surface area contributed by atoms with Crippen molar-refractivity contribution in [1.29, 1.82) is 0 Å². The average Bonchev–Trinajstić information content (AvgIpc) is 2.33. The maximum absolute atomic E-state index is 11.9. The summed E-state index contributed by atoms with van der Waals surface area (Å²) in [7, 11) is -7.41. The molecule has 1 aromatic heterocycles. The lowest BCUT2D eigenvalue weighted by Crippen LogP contribution is -2.28. The van der Waals surface area contributed by atoms with E-state index in [2.05, 4.69) is 15.1 Å². The van der Waals surface area contributed by atoms with Crippen molar-refractivity contribution in [2.24, 2.45) is 11.0 Å². The molecule has 0 aliphatic heterocycles. The first-order valence-corrected chi connectivity index (χ1v) is 8.37. The van der Waals surface area contributed by atoms with E-state index in [1.54, 1.807) is 0 Å². The van der Waals surface area contributed by atoms with Crippen LogP contribution in [0.25, 0.3) is 0 Å². The van der Waals surface area contributed by atoms with Gasteiger partial charge in [0.1, 0.15) is 4.90 Å². The number of hydrogen-bond acceptors (Lipinski definition) is 7. The Morgan fingerprint density at radius 3 is 2.53 bits per heavy atom. The van der Waals surface area contributed by atoms with Crippen molar-refractivity contribution in [3.63, 3.8) is 0 Å². The molecular weight excluding hydrogens is 294 g/mol. The van der Waals surface area contributed by atoms with Crippen LogP contribution >= 0.6 is 0 Å². The molecule has 108 valence electrons. The Bertz CT molecular complexity index is 628. The van der Waals surface area contributed by atoms with E-state index in [1.807, 2.05) is 0 Å². The normalized spacial score (nSPS) is 12.3. The fourth-order valence-corrected chi connectivity index (χ4v) is 3.00. The maximum atomic E-state index is 11.9. The van der Waals surface area contributed by atoms with Gasteiger partial charge in [-0.3, -0.25) is 10.8 Å². The van der Waals surface area contributed by atoms with Crippen LogP contribution in [0, 0.1) is 0 Å². The second kappa shape index (κ2) is 6.25. The number of sulfonamides is 2. The third-order valence-electron chi connectivity index (χ3n) is 2.13. The molecule has 1 heterocycles. The van der Waals surface area contributed by atoms with Crippen LogP contribution < -0.4 is 21.1 Å². The van der Waals surface area contributed by atoms with E-state index in [9.17, 15) is 16.8 Å². The third-order valence-corrected chi connectivity index (χ3v) is 4.47. The van der Waals surface area contributed by atoms with Crippen LogP contribution in [-0.2, 0) is 20.0 Å². The molecular formula is C8H15N5O4S2. The lowest BCUT2D eigenvalue weighted by atomic mass is 10.4. The molecule has 0 fully saturated rings. The fraction of sp³-hybridized carbons (Fsp3) is 0.375. The Morgan fingerprint density at radius 2 is 1.95 bits per heavy atom. The molecule has 1 aromatic rings. The van der Waals surface area contributed by atoms with Crippen LogP contribution in [0.2, 0.25) is 0 Å². The van der Waals surface area contributed by atoms with E-state index >= 15 is 0 Å². The third kappa shape index (κ3) is 5.08. The highest BCUT2D eigenvalue weighted by Gasteiger charge is 2.18. The number of pyridine rings is 1. The Morgan fingerprint density at radius 1 is 1.26 bits per heavy atom. The first-order chi connectivity index (χ1) is 8.76. The SMILES string of the molecule is NNc1ccncc1S(=O)(=O)NCCCS(N)(=O)=O. The average molecular weight is 309 g/mol. The molecule has 19 heavy (non-hydrogen) atoms. The molecule has 6 N–H and O–H groups in total. The van der Waals surface area contributed by atoms with Crippen molar-refractivity contribution in [2.75, 3.05) is 17.7 Å². The molecule has 0 unspecified atom stereocenters. The second-order valence-electron chi connectivity index (χ2n) is 3.63. The Kier molecular flexibility index (Phi) is 5.20. The van der Waals surface area contributed by atoms with Gasteiger partial charge in [0.2, 0.25) is 20.0 Å². The first kappa shape index (κ1) is 15.8. The molecule has 1 rings (SSSR count). The van der Waals surface area contributed by atoms with Gasteiger partial charge in [0.25, 0.3) is 0 Å². The molecule has 0 saturated carbocycles. The summed E-state index contributed by atoms with van der Waals surface area (Å²) in [4.78, 5) is 3.58. The smallest absolute Gasteiger partial charge is 0.244 e. The van der Waals surface area contributed by atoms with Gasteiger partial charge in [-0.15, -0.1) is 0 Å². The molecule has 0 saturated heterocycles. The predicted molar refractivity (Wildman–Crippen MR) is 69.8 cm³/mol. The van der Waals surface area contributed by atoms with Gasteiger partial charge in [0.15, 0.2) is 0 Å². The van der Waals surface area contributed by atoms with Crippen LogP contribution in [0.3, 0.4) is 0 Å². The minimum atomic E-state index is -3.81. The van der Waals surface area contributed by atoms with Crippen LogP contribution in [0.1, 0.15) is 6.42 Å². The number of hydrogen-bond donors (Lipinski definition) is 4. The van der Waals surface area contributed by atoms with Gasteiger partial charge in [0, 0.05) is 18.9 Å². The Labute approximate surface area is 111 Å². The topological polar surface area (TPSA) is 157 Å². The fourth-order valence-electron chi connectivity index (χ4n) is 1.27. The Hall–Kier alpha value is -1.27. The largest absolute Gasteiger partial charge is 0.323 e. The van der Waals surface area contributed by atoms with E-state index in [0.29, 0.717) is 0 Å². The van der Waals surface area contributed by atoms with Crippen molar-refractivity contribution >= 4 is 25.7 Å². The summed E-state index contributed by atoms with van der Waals surface area (Å²) in [5, 5.41) is 4.80. The van der Waals surface area contributed by atoms with E-state index in [-0.39, 0.29) is 29.3 Å². The number of nitrogen functional groups attached to an aromatic ring is 1. The molecule has 0 atom stereocenters. The zero-order valence-corrected chi connectivity index (χ0v) is 11.5. The van der Waals surface area contributed by atoms with Crippen molar-refractivity contribution in [3.8, 4) is 0 Å². The van der Waals surface area contributed by atoms with Crippen molar-refractivity contribution in [1.82, 2.24) is 9.71 Å². The van der Waals surface area contributed by atoms with Gasteiger partial charge in [-0.05, 0) is 12.5 Å². The molecule has 0 spiro atoms. The summed E-state index contributed by atoms with van der Waals surface area (Å²) in [6.07, 6.45) is 2.59. The van der Waals surface area contributed by atoms with E-state index in [0.717, 1.165) is 6.20 Å². The van der Waals surface area contributed by atoms with E-state index < -0.39 is 20.0 Å². The first-order valence-electron chi connectivity index (χ1n) is 5.17. The maximum Gasteiger partial charge on any atom is 0.244 e. The lowest BCUT2D eigenvalue weighted by Gasteiger charge is -2.09. The summed E-state index contributed by atoms with van der Waals surface area (Å²) in [5.41, 5.74) is 2.43. The Balaban J connectivity index is 2.71. The molecule has 0 aliphatic rings. The van der Waals surface area contributed by atoms with Crippen molar-refractivity contribution in [3.05, 3.63) is 18.5 Å². The lowest BCUT2D eigenvalue weighted by molar-refractivity contribution is 0.576. The highest BCUT2D eigenvalue weighted by molar-refractivity contribution is 7.89. The van der Waals surface area contributed by atoms with Crippen molar-refractivity contribution < 1.29 is 16.8 Å². The highest BCUT2D eigenvalue weighted by Crippen LogP contribution is 2.17. The zero-order valence-electron chi connectivity index (χ0n) is 9.90. The zero-order chi connectivity index (χ0) is 14.5. The van der Waals surface area contributed by atoms with Gasteiger partial charge in [-0.1, -0.05) is 0 Å². The van der Waals surface area contributed by atoms with Crippen LogP contribution in [0.4, 0.5) is 5.69 Å². The standard InChI is InChI=1S/C8H15N5O4S2/c9-13-7-2-4-11-6-8(7)19(16,17)12-3-1-5-18(10,14)15/h2,4,6,12H,1,3,5,9H2,(H,11,13)(H2,10,14,15). The number of anilines is 1.